The zero-order valence-electron chi connectivity index (χ0n) is 11.8. The van der Waals surface area contributed by atoms with Gasteiger partial charge in [0.05, 0.1) is 5.52 Å². The first kappa shape index (κ1) is 14.4. The second kappa shape index (κ2) is 6.45. The molecule has 1 amide bonds. The maximum Gasteiger partial charge on any atom is 0.239 e. The quantitative estimate of drug-likeness (QED) is 0.820. The summed E-state index contributed by atoms with van der Waals surface area (Å²) in [7, 11) is 3.98. The molecule has 2 rings (SSSR count). The summed E-state index contributed by atoms with van der Waals surface area (Å²) in [5, 5.41) is 4.20. The van der Waals surface area contributed by atoms with Crippen LogP contribution in [0.4, 0.5) is 0 Å². The SMILES string of the molecule is CN(C)CCNC(C(N)=O)c1ccc2ncccc2c1. The normalized spacial score (nSPS) is 12.8. The number of amides is 1. The average Bonchev–Trinajstić information content (AvgIpc) is 2.42. The first-order chi connectivity index (χ1) is 9.58. The predicted octanol–water partition coefficient (Wildman–Crippen LogP) is 0.912. The van der Waals surface area contributed by atoms with Crippen LogP contribution in [0.15, 0.2) is 36.5 Å². The largest absolute Gasteiger partial charge is 0.368 e. The van der Waals surface area contributed by atoms with Crippen LogP contribution in [0.3, 0.4) is 0 Å². The maximum atomic E-state index is 11.6. The Hall–Kier alpha value is -1.98. The van der Waals surface area contributed by atoms with Crippen molar-refractivity contribution in [1.82, 2.24) is 15.2 Å². The maximum absolute atomic E-state index is 11.6. The Labute approximate surface area is 118 Å². The molecule has 0 aliphatic carbocycles. The highest BCUT2D eigenvalue weighted by Gasteiger charge is 2.17. The van der Waals surface area contributed by atoms with Crippen LogP contribution in [0.25, 0.3) is 10.9 Å². The van der Waals surface area contributed by atoms with Gasteiger partial charge in [0.2, 0.25) is 5.91 Å². The molecule has 1 aromatic carbocycles. The molecule has 0 aliphatic rings. The highest BCUT2D eigenvalue weighted by Crippen LogP contribution is 2.18. The molecular weight excluding hydrogens is 252 g/mol. The van der Waals surface area contributed by atoms with E-state index in [0.717, 1.165) is 23.0 Å². The Morgan fingerprint density at radius 2 is 2.20 bits per heavy atom. The van der Waals surface area contributed by atoms with E-state index in [2.05, 4.69) is 15.2 Å². The number of hydrogen-bond donors (Lipinski definition) is 2. The summed E-state index contributed by atoms with van der Waals surface area (Å²) < 4.78 is 0. The van der Waals surface area contributed by atoms with Gasteiger partial charge in [-0.25, -0.2) is 0 Å². The molecule has 5 nitrogen and oxygen atoms in total. The van der Waals surface area contributed by atoms with Gasteiger partial charge >= 0.3 is 0 Å². The van der Waals surface area contributed by atoms with Gasteiger partial charge in [-0.2, -0.15) is 0 Å². The van der Waals surface area contributed by atoms with Crippen molar-refractivity contribution in [2.75, 3.05) is 27.2 Å². The zero-order valence-corrected chi connectivity index (χ0v) is 11.8. The number of nitrogens with zero attached hydrogens (tertiary/aromatic N) is 2. The summed E-state index contributed by atoms with van der Waals surface area (Å²) in [5.74, 6) is -0.369. The van der Waals surface area contributed by atoms with Gasteiger partial charge in [0.25, 0.3) is 0 Å². The van der Waals surface area contributed by atoms with Gasteiger partial charge in [0, 0.05) is 24.7 Å². The van der Waals surface area contributed by atoms with Gasteiger partial charge in [-0.05, 0) is 37.9 Å². The first-order valence-electron chi connectivity index (χ1n) is 6.60. The lowest BCUT2D eigenvalue weighted by Gasteiger charge is -2.18. The van der Waals surface area contributed by atoms with Crippen molar-refractivity contribution in [1.29, 1.82) is 0 Å². The summed E-state index contributed by atoms with van der Waals surface area (Å²) in [6, 6.07) is 9.15. The number of hydrogen-bond acceptors (Lipinski definition) is 4. The minimum absolute atomic E-state index is 0.369. The number of likely N-dealkylation sites (N-methyl/N-ethyl adjacent to an activating group) is 1. The molecule has 2 aromatic rings. The van der Waals surface area contributed by atoms with Crippen molar-refractivity contribution < 1.29 is 4.79 Å². The van der Waals surface area contributed by atoms with E-state index < -0.39 is 6.04 Å². The number of pyridine rings is 1. The van der Waals surface area contributed by atoms with Gasteiger partial charge in [-0.1, -0.05) is 12.1 Å². The first-order valence-corrected chi connectivity index (χ1v) is 6.60. The molecule has 0 radical (unpaired) electrons. The van der Waals surface area contributed by atoms with Crippen LogP contribution in [0.2, 0.25) is 0 Å². The Kier molecular flexibility index (Phi) is 4.65. The molecule has 1 heterocycles. The van der Waals surface area contributed by atoms with Crippen molar-refractivity contribution in [2.45, 2.75) is 6.04 Å². The van der Waals surface area contributed by atoms with Gasteiger partial charge in [-0.15, -0.1) is 0 Å². The van der Waals surface area contributed by atoms with Crippen molar-refractivity contribution in [3.8, 4) is 0 Å². The lowest BCUT2D eigenvalue weighted by Crippen LogP contribution is -2.37. The number of carbonyl (C=O) groups excluding carboxylic acids is 1. The molecule has 0 spiro atoms. The van der Waals surface area contributed by atoms with E-state index in [1.54, 1.807) is 6.20 Å². The molecule has 1 aromatic heterocycles. The van der Waals surface area contributed by atoms with E-state index in [1.165, 1.54) is 0 Å². The molecule has 0 saturated heterocycles. The highest BCUT2D eigenvalue weighted by molar-refractivity contribution is 5.85. The van der Waals surface area contributed by atoms with Gasteiger partial charge in [0.1, 0.15) is 6.04 Å². The topological polar surface area (TPSA) is 71.2 Å². The standard InChI is InChI=1S/C15H20N4O/c1-19(2)9-8-18-14(15(16)20)12-5-6-13-11(10-12)4-3-7-17-13/h3-7,10,14,18H,8-9H2,1-2H3,(H2,16,20). The minimum Gasteiger partial charge on any atom is -0.368 e. The molecule has 0 bridgehead atoms. The van der Waals surface area contributed by atoms with Crippen LogP contribution in [0, 0.1) is 0 Å². The third-order valence-electron chi connectivity index (χ3n) is 3.15. The number of aromatic nitrogens is 1. The smallest absolute Gasteiger partial charge is 0.239 e. The summed E-state index contributed by atoms with van der Waals surface area (Å²) in [6.07, 6.45) is 1.75. The molecule has 3 N–H and O–H groups in total. The summed E-state index contributed by atoms with van der Waals surface area (Å²) in [6.45, 7) is 1.55. The van der Waals surface area contributed by atoms with Gasteiger partial charge in [0.15, 0.2) is 0 Å². The number of benzene rings is 1. The lowest BCUT2D eigenvalue weighted by atomic mass is 10.0. The van der Waals surface area contributed by atoms with Gasteiger partial charge < -0.3 is 16.0 Å². The predicted molar refractivity (Wildman–Crippen MR) is 80.2 cm³/mol. The van der Waals surface area contributed by atoms with Crippen LogP contribution < -0.4 is 11.1 Å². The fourth-order valence-electron chi connectivity index (χ4n) is 2.09. The molecule has 1 atom stereocenters. The number of fused-ring (bicyclic) bond motifs is 1. The molecule has 0 saturated carbocycles. The van der Waals surface area contributed by atoms with Crippen LogP contribution >= 0.6 is 0 Å². The summed E-state index contributed by atoms with van der Waals surface area (Å²) in [4.78, 5) is 18.0. The average molecular weight is 272 g/mol. The summed E-state index contributed by atoms with van der Waals surface area (Å²) >= 11 is 0. The lowest BCUT2D eigenvalue weighted by molar-refractivity contribution is -0.120. The van der Waals surface area contributed by atoms with Crippen molar-refractivity contribution in [2.24, 2.45) is 5.73 Å². The molecule has 5 heteroatoms. The Morgan fingerprint density at radius 3 is 2.90 bits per heavy atom. The monoisotopic (exact) mass is 272 g/mol. The van der Waals surface area contributed by atoms with E-state index in [9.17, 15) is 4.79 Å². The van der Waals surface area contributed by atoms with E-state index in [0.29, 0.717) is 6.54 Å². The fourth-order valence-corrected chi connectivity index (χ4v) is 2.09. The Balaban J connectivity index is 2.20. The van der Waals surface area contributed by atoms with Crippen molar-refractivity contribution >= 4 is 16.8 Å². The number of nitrogens with two attached hydrogens (primary N) is 1. The fraction of sp³-hybridized carbons (Fsp3) is 0.333. The molecule has 20 heavy (non-hydrogen) atoms. The zero-order chi connectivity index (χ0) is 14.5. The summed E-state index contributed by atoms with van der Waals surface area (Å²) in [5.41, 5.74) is 7.28. The molecule has 0 fully saturated rings. The molecule has 0 aliphatic heterocycles. The van der Waals surface area contributed by atoms with Crippen LogP contribution in [-0.4, -0.2) is 43.0 Å². The molecule has 1 unspecified atom stereocenters. The molecule has 106 valence electrons. The van der Waals surface area contributed by atoms with E-state index >= 15 is 0 Å². The Morgan fingerprint density at radius 1 is 1.40 bits per heavy atom. The number of nitrogens with one attached hydrogen (secondary N) is 1. The number of rotatable bonds is 6. The van der Waals surface area contributed by atoms with E-state index in [-0.39, 0.29) is 5.91 Å². The highest BCUT2D eigenvalue weighted by atomic mass is 16.1. The van der Waals surface area contributed by atoms with Crippen molar-refractivity contribution in [3.05, 3.63) is 42.1 Å². The Bertz CT molecular complexity index is 597. The minimum atomic E-state index is -0.473. The van der Waals surface area contributed by atoms with E-state index in [4.69, 9.17) is 5.73 Å². The van der Waals surface area contributed by atoms with Gasteiger partial charge in [-0.3, -0.25) is 9.78 Å². The van der Waals surface area contributed by atoms with Crippen LogP contribution in [0.5, 0.6) is 0 Å². The third-order valence-corrected chi connectivity index (χ3v) is 3.15. The second-order valence-corrected chi connectivity index (χ2v) is 5.05. The third kappa shape index (κ3) is 3.53. The van der Waals surface area contributed by atoms with Crippen molar-refractivity contribution in [3.63, 3.8) is 0 Å². The van der Waals surface area contributed by atoms with Crippen LogP contribution in [-0.2, 0) is 4.79 Å². The molecular formula is C15H20N4O. The number of primary amides is 1. The van der Waals surface area contributed by atoms with Crippen LogP contribution in [0.1, 0.15) is 11.6 Å². The van der Waals surface area contributed by atoms with E-state index in [1.807, 2.05) is 44.4 Å². The second-order valence-electron chi connectivity index (χ2n) is 5.05. The number of carbonyl (C=O) groups is 1.